The first-order valence-corrected chi connectivity index (χ1v) is 6.72. The summed E-state index contributed by atoms with van der Waals surface area (Å²) in [5.41, 5.74) is -0.115. The van der Waals surface area contributed by atoms with E-state index < -0.39 is 0 Å². The zero-order chi connectivity index (χ0) is 14.4. The molecule has 0 saturated heterocycles. The summed E-state index contributed by atoms with van der Waals surface area (Å²) in [6.07, 6.45) is 1.03. The Morgan fingerprint density at radius 3 is 2.95 bits per heavy atom. The van der Waals surface area contributed by atoms with Gasteiger partial charge in [-0.15, -0.1) is 0 Å². The Bertz CT molecular complexity index is 649. The largest absolute Gasteiger partial charge is 0.466 e. The first kappa shape index (κ1) is 14.1. The lowest BCUT2D eigenvalue weighted by Crippen LogP contribution is -2.13. The molecule has 5 heteroatoms. The van der Waals surface area contributed by atoms with Crippen molar-refractivity contribution < 1.29 is 9.53 Å². The van der Waals surface area contributed by atoms with Crippen molar-refractivity contribution in [3.63, 3.8) is 0 Å². The van der Waals surface area contributed by atoms with Crippen LogP contribution in [0.3, 0.4) is 0 Å². The second-order valence-corrected chi connectivity index (χ2v) is 4.43. The number of esters is 1. The van der Waals surface area contributed by atoms with Gasteiger partial charge in [0.15, 0.2) is 0 Å². The maximum absolute atomic E-state index is 11.9. The molecule has 2 aromatic rings. The second kappa shape index (κ2) is 6.75. The topological polar surface area (TPSA) is 71.2 Å². The molecular formula is C15H18N2O3. The van der Waals surface area contributed by atoms with Gasteiger partial charge in [-0.3, -0.25) is 9.59 Å². The minimum absolute atomic E-state index is 0.115. The Morgan fingerprint density at radius 2 is 2.15 bits per heavy atom. The Balaban J connectivity index is 1.94. The minimum Gasteiger partial charge on any atom is -0.466 e. The molecule has 0 bridgehead atoms. The third-order valence-electron chi connectivity index (χ3n) is 2.93. The quantitative estimate of drug-likeness (QED) is 0.626. The standard InChI is InChI=1S/C15H18N2O3/c1-2-20-14(18)8-5-9-16-13-10-11-6-3-4-7-12(11)15(19)17-13/h3-4,6-7,10H,2,5,8-9H2,1H3,(H2,16,17,19). The first-order chi connectivity index (χ1) is 9.70. The Hall–Kier alpha value is -2.30. The normalized spacial score (nSPS) is 10.4. The molecule has 0 aliphatic heterocycles. The monoisotopic (exact) mass is 274 g/mol. The highest BCUT2D eigenvalue weighted by molar-refractivity contribution is 5.83. The van der Waals surface area contributed by atoms with Gasteiger partial charge in [-0.25, -0.2) is 0 Å². The summed E-state index contributed by atoms with van der Waals surface area (Å²) in [6.45, 7) is 2.80. The fourth-order valence-electron chi connectivity index (χ4n) is 2.00. The highest BCUT2D eigenvalue weighted by Crippen LogP contribution is 2.12. The molecule has 20 heavy (non-hydrogen) atoms. The van der Waals surface area contributed by atoms with Gasteiger partial charge in [0.2, 0.25) is 0 Å². The van der Waals surface area contributed by atoms with Crippen LogP contribution in [0.25, 0.3) is 10.8 Å². The number of carbonyl (C=O) groups is 1. The molecule has 0 radical (unpaired) electrons. The SMILES string of the molecule is CCOC(=O)CCCNc1cc2ccccc2c(=O)[nH]1. The van der Waals surface area contributed by atoms with Crippen LogP contribution in [0, 0.1) is 0 Å². The number of fused-ring (bicyclic) bond motifs is 1. The number of hydrogen-bond acceptors (Lipinski definition) is 4. The fraction of sp³-hybridized carbons (Fsp3) is 0.333. The summed E-state index contributed by atoms with van der Waals surface area (Å²) in [6, 6.07) is 9.31. The van der Waals surface area contributed by atoms with Crippen molar-refractivity contribution >= 4 is 22.6 Å². The summed E-state index contributed by atoms with van der Waals surface area (Å²) >= 11 is 0. The number of aromatic nitrogens is 1. The number of ether oxygens (including phenoxy) is 1. The zero-order valence-electron chi connectivity index (χ0n) is 11.4. The second-order valence-electron chi connectivity index (χ2n) is 4.43. The van der Waals surface area contributed by atoms with E-state index in [1.165, 1.54) is 0 Å². The number of anilines is 1. The summed E-state index contributed by atoms with van der Waals surface area (Å²) < 4.78 is 4.85. The molecule has 0 saturated carbocycles. The molecule has 2 rings (SSSR count). The van der Waals surface area contributed by atoms with E-state index in [1.807, 2.05) is 24.3 Å². The molecule has 1 aromatic heterocycles. The van der Waals surface area contributed by atoms with Gasteiger partial charge in [0.1, 0.15) is 5.82 Å². The van der Waals surface area contributed by atoms with Crippen molar-refractivity contribution in [1.29, 1.82) is 0 Å². The van der Waals surface area contributed by atoms with Crippen LogP contribution >= 0.6 is 0 Å². The molecule has 0 fully saturated rings. The van der Waals surface area contributed by atoms with E-state index in [-0.39, 0.29) is 11.5 Å². The van der Waals surface area contributed by atoms with Gasteiger partial charge in [-0.2, -0.15) is 0 Å². The lowest BCUT2D eigenvalue weighted by atomic mass is 10.2. The maximum atomic E-state index is 11.9. The van der Waals surface area contributed by atoms with Crippen molar-refractivity contribution in [3.8, 4) is 0 Å². The van der Waals surface area contributed by atoms with E-state index in [0.717, 1.165) is 5.39 Å². The highest BCUT2D eigenvalue weighted by Gasteiger charge is 2.03. The number of pyridine rings is 1. The predicted octanol–water partition coefficient (Wildman–Crippen LogP) is 2.28. The zero-order valence-corrected chi connectivity index (χ0v) is 11.4. The van der Waals surface area contributed by atoms with E-state index in [1.54, 1.807) is 13.0 Å². The van der Waals surface area contributed by atoms with Crippen LogP contribution in [-0.4, -0.2) is 24.1 Å². The Labute approximate surface area is 117 Å². The van der Waals surface area contributed by atoms with Gasteiger partial charge in [-0.1, -0.05) is 18.2 Å². The molecule has 0 atom stereocenters. The van der Waals surface area contributed by atoms with Crippen LogP contribution in [0.5, 0.6) is 0 Å². The van der Waals surface area contributed by atoms with Crippen LogP contribution < -0.4 is 10.9 Å². The fourth-order valence-corrected chi connectivity index (χ4v) is 2.00. The van der Waals surface area contributed by atoms with Gasteiger partial charge < -0.3 is 15.0 Å². The number of carbonyl (C=O) groups excluding carboxylic acids is 1. The molecule has 2 N–H and O–H groups in total. The molecule has 1 heterocycles. The molecule has 0 amide bonds. The van der Waals surface area contributed by atoms with Gasteiger partial charge >= 0.3 is 5.97 Å². The molecule has 1 aromatic carbocycles. The summed E-state index contributed by atoms with van der Waals surface area (Å²) in [5, 5.41) is 4.68. The van der Waals surface area contributed by atoms with Crippen molar-refractivity contribution in [3.05, 3.63) is 40.7 Å². The van der Waals surface area contributed by atoms with Crippen LogP contribution in [-0.2, 0) is 9.53 Å². The molecule has 5 nitrogen and oxygen atoms in total. The maximum Gasteiger partial charge on any atom is 0.305 e. The number of aromatic amines is 1. The minimum atomic E-state index is -0.193. The van der Waals surface area contributed by atoms with Crippen LogP contribution in [0.15, 0.2) is 35.1 Å². The molecule has 0 unspecified atom stereocenters. The van der Waals surface area contributed by atoms with Gasteiger partial charge in [0.05, 0.1) is 6.61 Å². The van der Waals surface area contributed by atoms with Crippen molar-refractivity contribution in [2.45, 2.75) is 19.8 Å². The molecule has 0 spiro atoms. The first-order valence-electron chi connectivity index (χ1n) is 6.72. The van der Waals surface area contributed by atoms with E-state index >= 15 is 0 Å². The third-order valence-corrected chi connectivity index (χ3v) is 2.93. The number of benzene rings is 1. The van der Waals surface area contributed by atoms with Gasteiger partial charge in [0, 0.05) is 18.4 Å². The number of rotatable bonds is 6. The lowest BCUT2D eigenvalue weighted by Gasteiger charge is -2.07. The van der Waals surface area contributed by atoms with Gasteiger partial charge in [-0.05, 0) is 30.9 Å². The highest BCUT2D eigenvalue weighted by atomic mass is 16.5. The smallest absolute Gasteiger partial charge is 0.305 e. The number of nitrogens with one attached hydrogen (secondary N) is 2. The average molecular weight is 274 g/mol. The van der Waals surface area contributed by atoms with E-state index in [4.69, 9.17) is 4.74 Å². The van der Waals surface area contributed by atoms with Crippen LogP contribution in [0.2, 0.25) is 0 Å². The Kier molecular flexibility index (Phi) is 4.76. The van der Waals surface area contributed by atoms with Crippen LogP contribution in [0.1, 0.15) is 19.8 Å². The average Bonchev–Trinajstić information content (AvgIpc) is 2.44. The van der Waals surface area contributed by atoms with Crippen LogP contribution in [0.4, 0.5) is 5.82 Å². The molecular weight excluding hydrogens is 256 g/mol. The number of hydrogen-bond donors (Lipinski definition) is 2. The molecule has 0 aliphatic rings. The predicted molar refractivity (Wildman–Crippen MR) is 78.9 cm³/mol. The third kappa shape index (κ3) is 3.60. The van der Waals surface area contributed by atoms with E-state index in [0.29, 0.717) is 37.2 Å². The number of H-pyrrole nitrogens is 1. The van der Waals surface area contributed by atoms with Crippen molar-refractivity contribution in [2.24, 2.45) is 0 Å². The Morgan fingerprint density at radius 1 is 1.35 bits per heavy atom. The van der Waals surface area contributed by atoms with E-state index in [9.17, 15) is 9.59 Å². The molecule has 106 valence electrons. The summed E-state index contributed by atoms with van der Waals surface area (Å²) in [4.78, 5) is 25.8. The van der Waals surface area contributed by atoms with Gasteiger partial charge in [0.25, 0.3) is 5.56 Å². The summed E-state index contributed by atoms with van der Waals surface area (Å²) in [7, 11) is 0. The summed E-state index contributed by atoms with van der Waals surface area (Å²) in [5.74, 6) is 0.471. The molecule has 0 aliphatic carbocycles. The van der Waals surface area contributed by atoms with Crippen molar-refractivity contribution in [1.82, 2.24) is 4.98 Å². The lowest BCUT2D eigenvalue weighted by molar-refractivity contribution is -0.143. The van der Waals surface area contributed by atoms with E-state index in [2.05, 4.69) is 10.3 Å². The van der Waals surface area contributed by atoms with Crippen molar-refractivity contribution in [2.75, 3.05) is 18.5 Å².